The number of carbonyl (C=O) groups is 2. The SMILES string of the molecule is COC(=O)[C@@H](CO)NC(=O)c1cn(-c2ccccc2)nc1-c1ccccc1C. The van der Waals surface area contributed by atoms with Crippen LogP contribution in [0.25, 0.3) is 16.9 Å². The van der Waals surface area contributed by atoms with E-state index in [0.717, 1.165) is 16.8 Å². The number of aliphatic hydroxyl groups excluding tert-OH is 1. The number of aryl methyl sites for hydroxylation is 1. The molecule has 28 heavy (non-hydrogen) atoms. The number of aromatic nitrogens is 2. The van der Waals surface area contributed by atoms with Crippen molar-refractivity contribution in [2.24, 2.45) is 0 Å². The first-order valence-corrected chi connectivity index (χ1v) is 8.75. The Hall–Kier alpha value is -3.45. The average molecular weight is 379 g/mol. The van der Waals surface area contributed by atoms with E-state index in [1.807, 2.05) is 61.5 Å². The number of nitrogens with one attached hydrogen (secondary N) is 1. The lowest BCUT2D eigenvalue weighted by atomic mass is 10.0. The number of rotatable bonds is 6. The minimum atomic E-state index is -1.15. The number of nitrogens with zero attached hydrogens (tertiary/aromatic N) is 2. The lowest BCUT2D eigenvalue weighted by molar-refractivity contribution is -0.143. The van der Waals surface area contributed by atoms with Gasteiger partial charge >= 0.3 is 5.97 Å². The Labute approximate surface area is 162 Å². The summed E-state index contributed by atoms with van der Waals surface area (Å²) in [6.07, 6.45) is 1.61. The summed E-state index contributed by atoms with van der Waals surface area (Å²) in [4.78, 5) is 24.6. The minimum Gasteiger partial charge on any atom is -0.467 e. The molecule has 1 atom stereocenters. The van der Waals surface area contributed by atoms with E-state index in [1.165, 1.54) is 7.11 Å². The maximum Gasteiger partial charge on any atom is 0.330 e. The van der Waals surface area contributed by atoms with E-state index in [4.69, 9.17) is 0 Å². The third-order valence-corrected chi connectivity index (χ3v) is 4.35. The van der Waals surface area contributed by atoms with Crippen molar-refractivity contribution in [3.8, 4) is 16.9 Å². The summed E-state index contributed by atoms with van der Waals surface area (Å²) in [7, 11) is 1.20. The highest BCUT2D eigenvalue weighted by molar-refractivity contribution is 6.01. The molecule has 0 saturated carbocycles. The molecule has 3 aromatic rings. The molecule has 7 heteroatoms. The Morgan fingerprint density at radius 1 is 1.14 bits per heavy atom. The number of hydrogen-bond donors (Lipinski definition) is 2. The normalized spacial score (nSPS) is 11.7. The van der Waals surface area contributed by atoms with Crippen molar-refractivity contribution in [3.63, 3.8) is 0 Å². The molecule has 1 heterocycles. The summed E-state index contributed by atoms with van der Waals surface area (Å²) in [5.74, 6) is -1.24. The quantitative estimate of drug-likeness (QED) is 0.640. The van der Waals surface area contributed by atoms with Crippen LogP contribution >= 0.6 is 0 Å². The number of ether oxygens (including phenoxy) is 1. The molecule has 0 spiro atoms. The zero-order valence-electron chi connectivity index (χ0n) is 15.6. The van der Waals surface area contributed by atoms with Gasteiger partial charge in [0.15, 0.2) is 6.04 Å². The molecule has 0 saturated heterocycles. The van der Waals surface area contributed by atoms with Gasteiger partial charge in [0.05, 0.1) is 25.0 Å². The van der Waals surface area contributed by atoms with Gasteiger partial charge in [0.1, 0.15) is 5.69 Å². The zero-order chi connectivity index (χ0) is 20.1. The van der Waals surface area contributed by atoms with Crippen molar-refractivity contribution >= 4 is 11.9 Å². The lowest BCUT2D eigenvalue weighted by Crippen LogP contribution is -2.44. The van der Waals surface area contributed by atoms with Crippen LogP contribution in [-0.4, -0.2) is 46.5 Å². The van der Waals surface area contributed by atoms with Crippen LogP contribution in [0.1, 0.15) is 15.9 Å². The number of hydrogen-bond acceptors (Lipinski definition) is 5. The molecule has 7 nitrogen and oxygen atoms in total. The smallest absolute Gasteiger partial charge is 0.330 e. The molecule has 1 aromatic heterocycles. The van der Waals surface area contributed by atoms with Crippen LogP contribution in [0.3, 0.4) is 0 Å². The van der Waals surface area contributed by atoms with E-state index in [2.05, 4.69) is 15.2 Å². The van der Waals surface area contributed by atoms with Crippen molar-refractivity contribution in [1.82, 2.24) is 15.1 Å². The Kier molecular flexibility index (Phi) is 5.86. The highest BCUT2D eigenvalue weighted by Crippen LogP contribution is 2.26. The number of benzene rings is 2. The summed E-state index contributed by atoms with van der Waals surface area (Å²) in [5, 5.41) is 16.5. The largest absolute Gasteiger partial charge is 0.467 e. The van der Waals surface area contributed by atoms with E-state index >= 15 is 0 Å². The molecule has 0 aliphatic carbocycles. The fourth-order valence-electron chi connectivity index (χ4n) is 2.85. The van der Waals surface area contributed by atoms with Gasteiger partial charge in [-0.25, -0.2) is 9.48 Å². The molecule has 0 radical (unpaired) electrons. The lowest BCUT2D eigenvalue weighted by Gasteiger charge is -2.14. The second-order valence-corrected chi connectivity index (χ2v) is 6.22. The van der Waals surface area contributed by atoms with Crippen LogP contribution < -0.4 is 5.32 Å². The molecule has 2 N–H and O–H groups in total. The monoisotopic (exact) mass is 379 g/mol. The molecule has 0 aliphatic heterocycles. The third-order valence-electron chi connectivity index (χ3n) is 4.35. The van der Waals surface area contributed by atoms with Gasteiger partial charge in [0.2, 0.25) is 0 Å². The Morgan fingerprint density at radius 3 is 2.46 bits per heavy atom. The fourth-order valence-corrected chi connectivity index (χ4v) is 2.85. The summed E-state index contributed by atoms with van der Waals surface area (Å²) >= 11 is 0. The van der Waals surface area contributed by atoms with Crippen LogP contribution in [0.15, 0.2) is 60.8 Å². The molecular formula is C21H21N3O4. The minimum absolute atomic E-state index is 0.292. The number of esters is 1. The molecule has 144 valence electrons. The summed E-state index contributed by atoms with van der Waals surface area (Å²) in [6, 6.07) is 15.8. The summed E-state index contributed by atoms with van der Waals surface area (Å²) < 4.78 is 6.23. The second-order valence-electron chi connectivity index (χ2n) is 6.22. The molecule has 1 amide bonds. The molecular weight excluding hydrogens is 358 g/mol. The molecule has 3 rings (SSSR count). The third kappa shape index (κ3) is 3.94. The van der Waals surface area contributed by atoms with Gasteiger partial charge in [-0.2, -0.15) is 5.10 Å². The average Bonchev–Trinajstić information content (AvgIpc) is 3.17. The van der Waals surface area contributed by atoms with Gasteiger partial charge < -0.3 is 15.2 Å². The molecule has 0 fully saturated rings. The Balaban J connectivity index is 2.06. The maximum atomic E-state index is 12.9. The fraction of sp³-hybridized carbons (Fsp3) is 0.190. The zero-order valence-corrected chi connectivity index (χ0v) is 15.6. The summed E-state index contributed by atoms with van der Waals surface area (Å²) in [6.45, 7) is 1.37. The highest BCUT2D eigenvalue weighted by Gasteiger charge is 2.25. The van der Waals surface area contributed by atoms with Crippen molar-refractivity contribution in [2.45, 2.75) is 13.0 Å². The van der Waals surface area contributed by atoms with E-state index in [-0.39, 0.29) is 0 Å². The van der Waals surface area contributed by atoms with Crippen molar-refractivity contribution in [2.75, 3.05) is 13.7 Å². The second kappa shape index (κ2) is 8.49. The van der Waals surface area contributed by atoms with Crippen LogP contribution in [0, 0.1) is 6.92 Å². The van der Waals surface area contributed by atoms with Gasteiger partial charge in [-0.3, -0.25) is 4.79 Å². The van der Waals surface area contributed by atoms with Crippen LogP contribution in [0.4, 0.5) is 0 Å². The van der Waals surface area contributed by atoms with E-state index in [9.17, 15) is 14.7 Å². The Morgan fingerprint density at radius 2 is 1.82 bits per heavy atom. The topological polar surface area (TPSA) is 93.5 Å². The number of para-hydroxylation sites is 1. The number of methoxy groups -OCH3 is 1. The number of amides is 1. The molecule has 0 bridgehead atoms. The van der Waals surface area contributed by atoms with Gasteiger partial charge in [0.25, 0.3) is 5.91 Å². The predicted molar refractivity (Wildman–Crippen MR) is 104 cm³/mol. The summed E-state index contributed by atoms with van der Waals surface area (Å²) in [5.41, 5.74) is 3.34. The number of carbonyl (C=O) groups excluding carboxylic acids is 2. The van der Waals surface area contributed by atoms with E-state index in [0.29, 0.717) is 11.3 Å². The number of aliphatic hydroxyl groups is 1. The predicted octanol–water partition coefficient (Wildman–Crippen LogP) is 2.11. The van der Waals surface area contributed by atoms with E-state index < -0.39 is 24.5 Å². The van der Waals surface area contributed by atoms with Gasteiger partial charge in [-0.1, -0.05) is 42.5 Å². The van der Waals surface area contributed by atoms with Gasteiger partial charge in [0, 0.05) is 11.8 Å². The van der Waals surface area contributed by atoms with Crippen molar-refractivity contribution in [1.29, 1.82) is 0 Å². The first-order valence-electron chi connectivity index (χ1n) is 8.75. The van der Waals surface area contributed by atoms with E-state index in [1.54, 1.807) is 10.9 Å². The molecule has 0 unspecified atom stereocenters. The van der Waals surface area contributed by atoms with Crippen molar-refractivity contribution < 1.29 is 19.4 Å². The first kappa shape index (κ1) is 19.3. The Bertz CT molecular complexity index is 982. The van der Waals surface area contributed by atoms with Crippen LogP contribution in [-0.2, 0) is 9.53 Å². The highest BCUT2D eigenvalue weighted by atomic mass is 16.5. The van der Waals surface area contributed by atoms with Gasteiger partial charge in [-0.15, -0.1) is 0 Å². The molecule has 2 aromatic carbocycles. The molecule has 0 aliphatic rings. The van der Waals surface area contributed by atoms with Crippen molar-refractivity contribution in [3.05, 3.63) is 71.9 Å². The standard InChI is InChI=1S/C21H21N3O4/c1-14-8-6-7-11-16(14)19-17(20(26)22-18(13-25)21(27)28-2)12-24(23-19)15-9-4-3-5-10-15/h3-12,18,25H,13H2,1-2H3,(H,22,26)/t18-/m1/s1. The van der Waals surface area contributed by atoms with Crippen LogP contribution in [0.5, 0.6) is 0 Å². The van der Waals surface area contributed by atoms with Crippen LogP contribution in [0.2, 0.25) is 0 Å². The van der Waals surface area contributed by atoms with Gasteiger partial charge in [-0.05, 0) is 24.6 Å². The maximum absolute atomic E-state index is 12.9. The first-order chi connectivity index (χ1) is 13.5.